The lowest BCUT2D eigenvalue weighted by molar-refractivity contribution is -0.174. The van der Waals surface area contributed by atoms with E-state index in [0.717, 1.165) is 24.3 Å². The number of carbonyl (C=O) groups is 2. The number of amides is 2. The molecule has 0 radical (unpaired) electrons. The van der Waals surface area contributed by atoms with Crippen molar-refractivity contribution in [3.63, 3.8) is 0 Å². The number of carbonyl (C=O) groups excluding carboxylic acids is 2. The second-order valence-electron chi connectivity index (χ2n) is 5.90. The normalized spacial score (nSPS) is 23.4. The van der Waals surface area contributed by atoms with Crippen LogP contribution in [0.25, 0.3) is 0 Å². The highest BCUT2D eigenvalue weighted by Crippen LogP contribution is 2.33. The van der Waals surface area contributed by atoms with Crippen LogP contribution in [0, 0.1) is 5.92 Å². The van der Waals surface area contributed by atoms with Crippen molar-refractivity contribution in [1.82, 2.24) is 9.96 Å². The number of benzene rings is 1. The maximum absolute atomic E-state index is 12.3. The first-order valence-corrected chi connectivity index (χ1v) is 7.49. The Bertz CT molecular complexity index is 528. The molecule has 1 saturated heterocycles. The average molecular weight is 288 g/mol. The summed E-state index contributed by atoms with van der Waals surface area (Å²) in [6, 6.07) is 9.76. The van der Waals surface area contributed by atoms with E-state index in [1.54, 1.807) is 0 Å². The van der Waals surface area contributed by atoms with Crippen molar-refractivity contribution in [2.45, 2.75) is 31.7 Å². The van der Waals surface area contributed by atoms with E-state index in [9.17, 15) is 14.8 Å². The van der Waals surface area contributed by atoms with Crippen LogP contribution < -0.4 is 0 Å². The van der Waals surface area contributed by atoms with Gasteiger partial charge in [-0.1, -0.05) is 30.3 Å². The van der Waals surface area contributed by atoms with E-state index in [4.69, 9.17) is 0 Å². The molecule has 1 aromatic carbocycles. The highest BCUT2D eigenvalue weighted by Gasteiger charge is 2.42. The predicted octanol–water partition coefficient (Wildman–Crippen LogP) is 1.46. The Labute approximate surface area is 124 Å². The van der Waals surface area contributed by atoms with E-state index in [1.165, 1.54) is 10.5 Å². The van der Waals surface area contributed by atoms with Crippen molar-refractivity contribution in [3.05, 3.63) is 35.9 Å². The lowest BCUT2D eigenvalue weighted by Crippen LogP contribution is -2.58. The van der Waals surface area contributed by atoms with Crippen molar-refractivity contribution < 1.29 is 14.8 Å². The Morgan fingerprint density at radius 3 is 2.62 bits per heavy atom. The van der Waals surface area contributed by atoms with Gasteiger partial charge in [0, 0.05) is 12.5 Å². The van der Waals surface area contributed by atoms with Gasteiger partial charge in [-0.05, 0) is 31.2 Å². The zero-order valence-electron chi connectivity index (χ0n) is 11.9. The van der Waals surface area contributed by atoms with E-state index in [1.807, 2.05) is 30.3 Å². The molecule has 0 aromatic heterocycles. The summed E-state index contributed by atoms with van der Waals surface area (Å²) in [5.41, 5.74) is 1.18. The number of hydrogen-bond donors (Lipinski definition) is 1. The van der Waals surface area contributed by atoms with Gasteiger partial charge in [0.05, 0.1) is 6.04 Å². The molecule has 3 rings (SSSR count). The van der Waals surface area contributed by atoms with Crippen molar-refractivity contribution >= 4 is 11.8 Å². The Balaban J connectivity index is 1.69. The van der Waals surface area contributed by atoms with E-state index < -0.39 is 0 Å². The summed E-state index contributed by atoms with van der Waals surface area (Å²) < 4.78 is 0. The van der Waals surface area contributed by atoms with Gasteiger partial charge in [0.1, 0.15) is 6.54 Å². The first-order valence-electron chi connectivity index (χ1n) is 7.49. The van der Waals surface area contributed by atoms with Crippen molar-refractivity contribution in [2.24, 2.45) is 5.92 Å². The monoisotopic (exact) mass is 288 g/mol. The maximum atomic E-state index is 12.3. The molecule has 1 N–H and O–H groups in total. The highest BCUT2D eigenvalue weighted by molar-refractivity contribution is 5.99. The van der Waals surface area contributed by atoms with E-state index in [-0.39, 0.29) is 30.3 Å². The van der Waals surface area contributed by atoms with E-state index in [2.05, 4.69) is 0 Å². The Hall–Kier alpha value is -1.72. The van der Waals surface area contributed by atoms with Gasteiger partial charge in [-0.2, -0.15) is 5.06 Å². The molecule has 1 aliphatic heterocycles. The Morgan fingerprint density at radius 2 is 1.95 bits per heavy atom. The number of imide groups is 1. The molecule has 1 aliphatic carbocycles. The van der Waals surface area contributed by atoms with Crippen LogP contribution >= 0.6 is 0 Å². The van der Waals surface area contributed by atoms with Crippen LogP contribution in [0.4, 0.5) is 0 Å². The number of rotatable bonds is 4. The van der Waals surface area contributed by atoms with Gasteiger partial charge in [-0.25, -0.2) is 0 Å². The van der Waals surface area contributed by atoms with Crippen LogP contribution in [-0.2, 0) is 16.0 Å². The van der Waals surface area contributed by atoms with E-state index in [0.29, 0.717) is 13.0 Å². The summed E-state index contributed by atoms with van der Waals surface area (Å²) in [7, 11) is 0. The smallest absolute Gasteiger partial charge is 0.246 e. The highest BCUT2D eigenvalue weighted by atomic mass is 16.5. The average Bonchev–Trinajstić information content (AvgIpc) is 3.29. The number of hydrogen-bond acceptors (Lipinski definition) is 4. The molecule has 21 heavy (non-hydrogen) atoms. The Kier molecular flexibility index (Phi) is 4.03. The fraction of sp³-hybridized carbons (Fsp3) is 0.500. The summed E-state index contributed by atoms with van der Waals surface area (Å²) in [4.78, 5) is 25.8. The SMILES string of the molecule is O=C1CN(O)CC(CCc2ccccc2)N1C(=O)C1CC1. The van der Waals surface area contributed by atoms with Crippen molar-refractivity contribution in [3.8, 4) is 0 Å². The minimum Gasteiger partial charge on any atom is -0.313 e. The van der Waals surface area contributed by atoms with Crippen molar-refractivity contribution in [1.29, 1.82) is 0 Å². The minimum absolute atomic E-state index is 0.0263. The van der Waals surface area contributed by atoms with Gasteiger partial charge in [-0.15, -0.1) is 0 Å². The summed E-state index contributed by atoms with van der Waals surface area (Å²) in [6.45, 7) is 0.261. The topological polar surface area (TPSA) is 60.9 Å². The maximum Gasteiger partial charge on any atom is 0.246 e. The van der Waals surface area contributed by atoms with Crippen LogP contribution in [0.1, 0.15) is 24.8 Å². The van der Waals surface area contributed by atoms with Crippen LogP contribution in [-0.4, -0.2) is 46.1 Å². The molecular formula is C16H20N2O3. The summed E-state index contributed by atoms with van der Waals surface area (Å²) in [5.74, 6) is -0.303. The fourth-order valence-corrected chi connectivity index (χ4v) is 2.85. The number of nitrogens with zero attached hydrogens (tertiary/aromatic N) is 2. The van der Waals surface area contributed by atoms with Gasteiger partial charge in [0.25, 0.3) is 0 Å². The standard InChI is InChI=1S/C16H20N2O3/c19-15-11-17(21)10-14(18(15)16(20)13-7-8-13)9-6-12-4-2-1-3-5-12/h1-5,13-14,21H,6-11H2. The predicted molar refractivity (Wildman–Crippen MR) is 76.5 cm³/mol. The van der Waals surface area contributed by atoms with Crippen LogP contribution in [0.3, 0.4) is 0 Å². The first kappa shape index (κ1) is 14.2. The zero-order chi connectivity index (χ0) is 14.8. The van der Waals surface area contributed by atoms with Crippen LogP contribution in [0.2, 0.25) is 0 Å². The van der Waals surface area contributed by atoms with Crippen LogP contribution in [0.15, 0.2) is 30.3 Å². The molecule has 1 aromatic rings. The molecule has 112 valence electrons. The third kappa shape index (κ3) is 3.31. The third-order valence-corrected chi connectivity index (χ3v) is 4.15. The minimum atomic E-state index is -0.279. The molecule has 0 bridgehead atoms. The third-order valence-electron chi connectivity index (χ3n) is 4.15. The second kappa shape index (κ2) is 5.95. The molecule has 2 fully saturated rings. The number of aryl methyl sites for hydroxylation is 1. The number of piperazine rings is 1. The fourth-order valence-electron chi connectivity index (χ4n) is 2.85. The Morgan fingerprint density at radius 1 is 1.24 bits per heavy atom. The zero-order valence-corrected chi connectivity index (χ0v) is 11.9. The molecule has 0 spiro atoms. The van der Waals surface area contributed by atoms with Gasteiger partial charge >= 0.3 is 0 Å². The lowest BCUT2D eigenvalue weighted by Gasteiger charge is -2.37. The molecule has 5 heteroatoms. The molecule has 1 saturated carbocycles. The summed E-state index contributed by atoms with van der Waals surface area (Å²) in [6.07, 6.45) is 3.25. The summed E-state index contributed by atoms with van der Waals surface area (Å²) >= 11 is 0. The number of hydroxylamine groups is 2. The molecular weight excluding hydrogens is 268 g/mol. The lowest BCUT2D eigenvalue weighted by atomic mass is 10.0. The molecule has 1 unspecified atom stereocenters. The van der Waals surface area contributed by atoms with Crippen molar-refractivity contribution in [2.75, 3.05) is 13.1 Å². The van der Waals surface area contributed by atoms with Gasteiger partial charge < -0.3 is 5.21 Å². The van der Waals surface area contributed by atoms with Gasteiger partial charge in [0.2, 0.25) is 11.8 Å². The summed E-state index contributed by atoms with van der Waals surface area (Å²) in [5, 5.41) is 10.7. The molecule has 2 amide bonds. The van der Waals surface area contributed by atoms with E-state index >= 15 is 0 Å². The molecule has 2 aliphatic rings. The van der Waals surface area contributed by atoms with Gasteiger partial charge in [-0.3, -0.25) is 14.5 Å². The second-order valence-corrected chi connectivity index (χ2v) is 5.90. The molecule has 1 heterocycles. The molecule has 5 nitrogen and oxygen atoms in total. The van der Waals surface area contributed by atoms with Crippen LogP contribution in [0.5, 0.6) is 0 Å². The first-order chi connectivity index (χ1) is 10.1. The molecule has 1 atom stereocenters. The quantitative estimate of drug-likeness (QED) is 0.852. The largest absolute Gasteiger partial charge is 0.313 e. The van der Waals surface area contributed by atoms with Gasteiger partial charge in [0.15, 0.2) is 0 Å².